The second-order valence-corrected chi connectivity index (χ2v) is 15.5. The lowest BCUT2D eigenvalue weighted by atomic mass is 10.00. The predicted octanol–water partition coefficient (Wildman–Crippen LogP) is 15.0. The molecule has 0 atom stereocenters. The molecular weight excluding hydrogens is 871 g/mol. The Hall–Kier alpha value is -8.26. The number of halogens is 10. The molecule has 0 saturated heterocycles. The first kappa shape index (κ1) is 40.5. The van der Waals surface area contributed by atoms with E-state index in [9.17, 15) is 8.78 Å². The van der Waals surface area contributed by atoms with Crippen molar-refractivity contribution in [3.05, 3.63) is 190 Å². The summed E-state index contributed by atoms with van der Waals surface area (Å²) in [5.41, 5.74) is -2.27. The van der Waals surface area contributed by atoms with Crippen LogP contribution in [0.3, 0.4) is 0 Å². The Morgan fingerprint density at radius 1 is 0.273 bits per heavy atom. The first-order chi connectivity index (χ1) is 31.9. The Balaban J connectivity index is 1.36. The van der Waals surface area contributed by atoms with Gasteiger partial charge in [0.15, 0.2) is 46.5 Å². The van der Waals surface area contributed by atoms with E-state index in [1.807, 2.05) is 36.4 Å². The van der Waals surface area contributed by atoms with Gasteiger partial charge in [0.25, 0.3) is 0 Å². The van der Waals surface area contributed by atoms with E-state index in [1.54, 1.807) is 48.5 Å². The molecule has 8 bridgehead atoms. The molecule has 14 heteroatoms. The first-order valence-electron chi connectivity index (χ1n) is 20.1. The van der Waals surface area contributed by atoms with Crippen LogP contribution in [0.15, 0.2) is 109 Å². The van der Waals surface area contributed by atoms with E-state index in [0.717, 1.165) is 21.5 Å². The summed E-state index contributed by atoms with van der Waals surface area (Å²) in [6.07, 6.45) is 5.55. The summed E-state index contributed by atoms with van der Waals surface area (Å²) >= 11 is 0. The summed E-state index contributed by atoms with van der Waals surface area (Å²) in [5.74, 6) is -21.9. The maximum Gasteiger partial charge on any atom is 0.200 e. The highest BCUT2D eigenvalue weighted by atomic mass is 19.2. The van der Waals surface area contributed by atoms with E-state index < -0.39 is 80.4 Å². The third-order valence-electron chi connectivity index (χ3n) is 11.7. The zero-order valence-corrected chi connectivity index (χ0v) is 33.4. The summed E-state index contributed by atoms with van der Waals surface area (Å²) in [5, 5.41) is 3.17. The quantitative estimate of drug-likeness (QED) is 0.105. The molecule has 0 unspecified atom stereocenters. The largest absolute Gasteiger partial charge is 0.354 e. The first-order valence-corrected chi connectivity index (χ1v) is 20.1. The van der Waals surface area contributed by atoms with Crippen molar-refractivity contribution >= 4 is 67.9 Å². The lowest BCUT2D eigenvalue weighted by Gasteiger charge is -2.11. The predicted molar refractivity (Wildman–Crippen MR) is 235 cm³/mol. The van der Waals surface area contributed by atoms with E-state index in [-0.39, 0.29) is 56.0 Å². The number of aromatic nitrogens is 4. The van der Waals surface area contributed by atoms with Gasteiger partial charge in [0, 0.05) is 44.3 Å². The molecule has 0 amide bonds. The fourth-order valence-electron chi connectivity index (χ4n) is 8.68. The van der Waals surface area contributed by atoms with Crippen molar-refractivity contribution in [2.24, 2.45) is 0 Å². The van der Waals surface area contributed by atoms with Crippen LogP contribution in [0.2, 0.25) is 0 Å². The minimum absolute atomic E-state index is 0.0869. The van der Waals surface area contributed by atoms with Crippen molar-refractivity contribution in [1.82, 2.24) is 19.9 Å². The fraction of sp³-hybridized carbons (Fsp3) is 0. The van der Waals surface area contributed by atoms with Gasteiger partial charge in [-0.15, -0.1) is 0 Å². The molecule has 6 aromatic carbocycles. The third-order valence-corrected chi connectivity index (χ3v) is 11.7. The molecule has 0 fully saturated rings. The van der Waals surface area contributed by atoms with Crippen LogP contribution in [0.25, 0.3) is 112 Å². The van der Waals surface area contributed by atoms with Crippen LogP contribution < -0.4 is 0 Å². The molecule has 2 aliphatic heterocycles. The van der Waals surface area contributed by atoms with Crippen molar-refractivity contribution in [2.45, 2.75) is 0 Å². The normalized spacial score (nSPS) is 12.3. The fourth-order valence-corrected chi connectivity index (χ4v) is 8.68. The maximum atomic E-state index is 16.1. The van der Waals surface area contributed by atoms with Crippen LogP contribution in [0.4, 0.5) is 43.9 Å². The molecule has 66 heavy (non-hydrogen) atoms. The summed E-state index contributed by atoms with van der Waals surface area (Å²) in [6.45, 7) is 0. The Bertz CT molecular complexity index is 3540. The van der Waals surface area contributed by atoms with Crippen LogP contribution in [0.1, 0.15) is 22.8 Å². The van der Waals surface area contributed by atoms with Gasteiger partial charge >= 0.3 is 0 Å². The summed E-state index contributed by atoms with van der Waals surface area (Å²) in [7, 11) is 0. The van der Waals surface area contributed by atoms with Crippen molar-refractivity contribution in [2.75, 3.05) is 0 Å². The van der Waals surface area contributed by atoms with E-state index in [1.165, 1.54) is 48.6 Å². The van der Waals surface area contributed by atoms with Gasteiger partial charge in [-0.3, -0.25) is 0 Å². The summed E-state index contributed by atoms with van der Waals surface area (Å²) < 4.78 is 154. The zero-order valence-electron chi connectivity index (χ0n) is 33.4. The number of rotatable bonds is 4. The molecule has 322 valence electrons. The third kappa shape index (κ3) is 6.23. The molecule has 3 aromatic heterocycles. The second-order valence-electron chi connectivity index (χ2n) is 15.5. The highest BCUT2D eigenvalue weighted by Gasteiger charge is 2.32. The number of hydrogen-bond donors (Lipinski definition) is 2. The van der Waals surface area contributed by atoms with Crippen molar-refractivity contribution in [1.29, 1.82) is 0 Å². The highest BCUT2D eigenvalue weighted by Crippen LogP contribution is 2.43. The molecule has 0 radical (unpaired) electrons. The molecular formula is C52H24F10N4. The molecule has 0 saturated carbocycles. The summed E-state index contributed by atoms with van der Waals surface area (Å²) in [4.78, 5) is 15.7. The number of benzene rings is 6. The van der Waals surface area contributed by atoms with Gasteiger partial charge in [-0.05, 0) is 93.4 Å². The summed E-state index contributed by atoms with van der Waals surface area (Å²) in [6, 6.07) is 30.9. The Morgan fingerprint density at radius 2 is 0.561 bits per heavy atom. The van der Waals surface area contributed by atoms with Crippen molar-refractivity contribution in [3.8, 4) is 44.5 Å². The molecule has 4 nitrogen and oxygen atoms in total. The van der Waals surface area contributed by atoms with Gasteiger partial charge in [0.05, 0.1) is 33.9 Å². The van der Waals surface area contributed by atoms with Gasteiger partial charge in [-0.2, -0.15) is 0 Å². The van der Waals surface area contributed by atoms with Crippen LogP contribution in [0.5, 0.6) is 0 Å². The standard InChI is InChI=1S/C52H24F10N4/c53-43-41(44(54)48(58)51(61)47(43)57)39-33-17-13-29(63-33)37(27-11-9-23-5-1-3-7-25(23)21-27)30-14-18-34(64-30)40(42-45(55)49(59)52(62)50(60)46(42)56)36-20-16-32(66-36)38(31-15-19-35(39)65-31)28-12-10-24-6-2-4-8-26(24)22-28/h1-22,63,66H. The van der Waals surface area contributed by atoms with Crippen LogP contribution in [-0.4, -0.2) is 19.9 Å². The molecule has 0 aliphatic carbocycles. The van der Waals surface area contributed by atoms with E-state index in [0.29, 0.717) is 11.1 Å². The number of hydrogen-bond acceptors (Lipinski definition) is 2. The Kier molecular flexibility index (Phi) is 9.32. The number of H-pyrrole nitrogens is 2. The van der Waals surface area contributed by atoms with Crippen molar-refractivity contribution in [3.63, 3.8) is 0 Å². The molecule has 2 aliphatic rings. The Morgan fingerprint density at radius 3 is 0.909 bits per heavy atom. The average Bonchev–Trinajstić information content (AvgIpc) is 4.19. The Labute approximate surface area is 365 Å². The number of nitrogens with one attached hydrogen (secondary N) is 2. The molecule has 5 heterocycles. The SMILES string of the molecule is Fc1c(F)c(F)c(-c2c3nc(c(-c4ccc5ccccc5c4)c4ccc([nH]4)c(-c4c(F)c(F)c(F)c(F)c4F)c4nc(c(-c5ccc6ccccc6c5)c5ccc2[nH]5)C=C4)C=C3)c(F)c1F. The number of fused-ring (bicyclic) bond motifs is 10. The molecule has 11 rings (SSSR count). The van der Waals surface area contributed by atoms with Gasteiger partial charge < -0.3 is 9.97 Å². The lowest BCUT2D eigenvalue weighted by Crippen LogP contribution is -2.05. The lowest BCUT2D eigenvalue weighted by molar-refractivity contribution is 0.381. The topological polar surface area (TPSA) is 57.4 Å². The molecule has 9 aromatic rings. The van der Waals surface area contributed by atoms with Gasteiger partial charge in [-0.1, -0.05) is 72.8 Å². The van der Waals surface area contributed by atoms with Gasteiger partial charge in [-0.25, -0.2) is 53.9 Å². The minimum atomic E-state index is -2.35. The number of nitrogens with zero attached hydrogens (tertiary/aromatic N) is 2. The van der Waals surface area contributed by atoms with E-state index in [4.69, 9.17) is 9.97 Å². The van der Waals surface area contributed by atoms with Gasteiger partial charge in [0.2, 0.25) is 11.6 Å². The minimum Gasteiger partial charge on any atom is -0.354 e. The van der Waals surface area contributed by atoms with Gasteiger partial charge in [0.1, 0.15) is 0 Å². The van der Waals surface area contributed by atoms with Crippen LogP contribution in [-0.2, 0) is 0 Å². The monoisotopic (exact) mass is 894 g/mol. The molecule has 0 spiro atoms. The average molecular weight is 895 g/mol. The van der Waals surface area contributed by atoms with E-state index >= 15 is 35.1 Å². The highest BCUT2D eigenvalue weighted by molar-refractivity contribution is 6.02. The van der Waals surface area contributed by atoms with Crippen LogP contribution >= 0.6 is 0 Å². The van der Waals surface area contributed by atoms with E-state index in [2.05, 4.69) is 9.97 Å². The zero-order chi connectivity index (χ0) is 45.7. The molecule has 2 N–H and O–H groups in total. The number of aromatic amines is 2. The maximum absolute atomic E-state index is 16.1. The van der Waals surface area contributed by atoms with Crippen LogP contribution in [0, 0.1) is 58.2 Å². The second kappa shape index (κ2) is 15.2. The van der Waals surface area contributed by atoms with Crippen molar-refractivity contribution < 1.29 is 43.9 Å². The smallest absolute Gasteiger partial charge is 0.200 e.